The van der Waals surface area contributed by atoms with Gasteiger partial charge in [0.25, 0.3) is 0 Å². The van der Waals surface area contributed by atoms with E-state index in [4.69, 9.17) is 9.47 Å². The molecule has 2 heterocycles. The van der Waals surface area contributed by atoms with Crippen molar-refractivity contribution >= 4 is 17.8 Å². The molecule has 8 heteroatoms. The zero-order valence-electron chi connectivity index (χ0n) is 15.5. The van der Waals surface area contributed by atoms with E-state index in [1.165, 1.54) is 7.11 Å². The molecule has 146 valence electrons. The van der Waals surface area contributed by atoms with Crippen LogP contribution in [0.4, 0.5) is 0 Å². The number of rotatable bonds is 6. The number of carbonyl (C=O) groups excluding carboxylic acids is 3. The number of carbonyl (C=O) groups is 3. The Bertz CT molecular complexity index is 735. The lowest BCUT2D eigenvalue weighted by molar-refractivity contribution is -0.143. The smallest absolute Gasteiger partial charge is 0.325 e. The molecule has 2 aliphatic heterocycles. The topological polar surface area (TPSA) is 94.2 Å². The van der Waals surface area contributed by atoms with Crippen molar-refractivity contribution in [1.29, 1.82) is 0 Å². The summed E-state index contributed by atoms with van der Waals surface area (Å²) in [7, 11) is 1.26. The van der Waals surface area contributed by atoms with Crippen LogP contribution >= 0.6 is 0 Å². The molecule has 2 aliphatic rings. The molecule has 0 aliphatic carbocycles. The van der Waals surface area contributed by atoms with Crippen LogP contribution in [0.15, 0.2) is 18.2 Å². The molecule has 0 radical (unpaired) electrons. The molecule has 0 saturated carbocycles. The molecule has 1 N–H and O–H groups in total. The summed E-state index contributed by atoms with van der Waals surface area (Å²) >= 11 is 0. The van der Waals surface area contributed by atoms with E-state index in [1.54, 1.807) is 11.0 Å². The first kappa shape index (κ1) is 19.0. The van der Waals surface area contributed by atoms with Crippen molar-refractivity contribution in [1.82, 2.24) is 10.2 Å². The highest BCUT2D eigenvalue weighted by Gasteiger charge is 2.37. The SMILES string of the molecule is CCC(C(=O)N1CCC[C@H]1C(=O)NCC(=O)OC)c1ccc2c(c1)OCO2. The third-order valence-corrected chi connectivity index (χ3v) is 4.98. The van der Waals surface area contributed by atoms with Crippen molar-refractivity contribution in [3.05, 3.63) is 23.8 Å². The number of esters is 1. The Kier molecular flexibility index (Phi) is 5.83. The molecule has 1 aromatic carbocycles. The summed E-state index contributed by atoms with van der Waals surface area (Å²) in [5.74, 6) is -0.00627. The minimum Gasteiger partial charge on any atom is -0.468 e. The lowest BCUT2D eigenvalue weighted by Crippen LogP contribution is -2.48. The third-order valence-electron chi connectivity index (χ3n) is 4.98. The second-order valence-corrected chi connectivity index (χ2v) is 6.56. The van der Waals surface area contributed by atoms with E-state index in [-0.39, 0.29) is 31.1 Å². The van der Waals surface area contributed by atoms with Gasteiger partial charge in [0.1, 0.15) is 12.6 Å². The Hall–Kier alpha value is -2.77. The van der Waals surface area contributed by atoms with Gasteiger partial charge < -0.3 is 24.4 Å². The van der Waals surface area contributed by atoms with E-state index in [2.05, 4.69) is 10.1 Å². The fraction of sp³-hybridized carbons (Fsp3) is 0.526. The maximum Gasteiger partial charge on any atom is 0.325 e. The van der Waals surface area contributed by atoms with Crippen molar-refractivity contribution in [2.75, 3.05) is 27.0 Å². The molecule has 1 saturated heterocycles. The number of benzene rings is 1. The number of methoxy groups -OCH3 is 1. The van der Waals surface area contributed by atoms with Crippen LogP contribution in [0.1, 0.15) is 37.7 Å². The van der Waals surface area contributed by atoms with Crippen molar-refractivity contribution < 1.29 is 28.6 Å². The lowest BCUT2D eigenvalue weighted by Gasteiger charge is -2.28. The number of nitrogens with one attached hydrogen (secondary N) is 1. The van der Waals surface area contributed by atoms with Crippen LogP contribution in [-0.2, 0) is 19.1 Å². The quantitative estimate of drug-likeness (QED) is 0.750. The lowest BCUT2D eigenvalue weighted by atomic mass is 9.94. The van der Waals surface area contributed by atoms with Crippen LogP contribution in [0, 0.1) is 0 Å². The summed E-state index contributed by atoms with van der Waals surface area (Å²) < 4.78 is 15.3. The van der Waals surface area contributed by atoms with E-state index in [9.17, 15) is 14.4 Å². The van der Waals surface area contributed by atoms with E-state index in [0.717, 1.165) is 12.0 Å². The fourth-order valence-electron chi connectivity index (χ4n) is 3.54. The molecule has 0 spiro atoms. The summed E-state index contributed by atoms with van der Waals surface area (Å²) in [6.07, 6.45) is 1.93. The van der Waals surface area contributed by atoms with Gasteiger partial charge in [0.2, 0.25) is 18.6 Å². The molecule has 2 atom stereocenters. The van der Waals surface area contributed by atoms with Gasteiger partial charge in [0.05, 0.1) is 13.0 Å². The highest BCUT2D eigenvalue weighted by Crippen LogP contribution is 2.36. The van der Waals surface area contributed by atoms with Gasteiger partial charge in [0.15, 0.2) is 11.5 Å². The standard InChI is InChI=1S/C19H24N2O6/c1-3-13(12-6-7-15-16(9-12)27-11-26-15)19(24)21-8-4-5-14(21)18(23)20-10-17(22)25-2/h6-7,9,13-14H,3-5,8,10-11H2,1-2H3,(H,20,23)/t13?,14-/m0/s1. The summed E-state index contributed by atoms with van der Waals surface area (Å²) in [5.41, 5.74) is 0.840. The predicted octanol–water partition coefficient (Wildman–Crippen LogP) is 1.19. The van der Waals surface area contributed by atoms with Crippen LogP contribution in [0.25, 0.3) is 0 Å². The highest BCUT2D eigenvalue weighted by atomic mass is 16.7. The Morgan fingerprint density at radius 1 is 1.30 bits per heavy atom. The summed E-state index contributed by atoms with van der Waals surface area (Å²) in [6.45, 7) is 2.44. The number of ether oxygens (including phenoxy) is 3. The van der Waals surface area contributed by atoms with Crippen molar-refractivity contribution in [3.63, 3.8) is 0 Å². The second kappa shape index (κ2) is 8.28. The number of likely N-dealkylation sites (tertiary alicyclic amines) is 1. The van der Waals surface area contributed by atoms with Crippen LogP contribution < -0.4 is 14.8 Å². The van der Waals surface area contributed by atoms with Gasteiger partial charge in [-0.25, -0.2) is 0 Å². The minimum absolute atomic E-state index is 0.0907. The molecule has 0 aromatic heterocycles. The largest absolute Gasteiger partial charge is 0.468 e. The van der Waals surface area contributed by atoms with Gasteiger partial charge in [-0.1, -0.05) is 13.0 Å². The molecule has 27 heavy (non-hydrogen) atoms. The Morgan fingerprint density at radius 2 is 2.07 bits per heavy atom. The molecule has 8 nitrogen and oxygen atoms in total. The van der Waals surface area contributed by atoms with E-state index in [0.29, 0.717) is 30.9 Å². The van der Waals surface area contributed by atoms with E-state index >= 15 is 0 Å². The summed E-state index contributed by atoms with van der Waals surface area (Å²) in [6, 6.07) is 4.93. The van der Waals surface area contributed by atoms with Gasteiger partial charge in [-0.2, -0.15) is 0 Å². The highest BCUT2D eigenvalue weighted by molar-refractivity contribution is 5.92. The van der Waals surface area contributed by atoms with Gasteiger partial charge in [0, 0.05) is 6.54 Å². The second-order valence-electron chi connectivity index (χ2n) is 6.56. The maximum atomic E-state index is 13.2. The average molecular weight is 376 g/mol. The summed E-state index contributed by atoms with van der Waals surface area (Å²) in [5, 5.41) is 2.55. The van der Waals surface area contributed by atoms with Crippen molar-refractivity contribution in [2.24, 2.45) is 0 Å². The molecular weight excluding hydrogens is 352 g/mol. The number of hydrogen-bond acceptors (Lipinski definition) is 6. The first-order chi connectivity index (χ1) is 13.0. The van der Waals surface area contributed by atoms with Crippen molar-refractivity contribution in [2.45, 2.75) is 38.1 Å². The number of fused-ring (bicyclic) bond motifs is 1. The van der Waals surface area contributed by atoms with E-state index < -0.39 is 12.0 Å². The average Bonchev–Trinajstić information content (AvgIpc) is 3.35. The monoisotopic (exact) mass is 376 g/mol. The molecule has 1 aromatic rings. The Balaban J connectivity index is 1.72. The maximum absolute atomic E-state index is 13.2. The molecule has 0 bridgehead atoms. The van der Waals surface area contributed by atoms with Gasteiger partial charge in [-0.05, 0) is 37.0 Å². The number of amides is 2. The first-order valence-electron chi connectivity index (χ1n) is 9.09. The first-order valence-corrected chi connectivity index (χ1v) is 9.09. The zero-order chi connectivity index (χ0) is 19.4. The minimum atomic E-state index is -0.565. The van der Waals surface area contributed by atoms with E-state index in [1.807, 2.05) is 19.1 Å². The van der Waals surface area contributed by atoms with Crippen LogP contribution in [0.5, 0.6) is 11.5 Å². The number of nitrogens with zero attached hydrogens (tertiary/aromatic N) is 1. The molecule has 1 unspecified atom stereocenters. The van der Waals surface area contributed by atoms with Gasteiger partial charge in [-0.3, -0.25) is 14.4 Å². The Morgan fingerprint density at radius 3 is 2.81 bits per heavy atom. The van der Waals surface area contributed by atoms with Gasteiger partial charge in [-0.15, -0.1) is 0 Å². The fourth-order valence-corrected chi connectivity index (χ4v) is 3.54. The van der Waals surface area contributed by atoms with Crippen LogP contribution in [-0.4, -0.2) is 55.7 Å². The zero-order valence-corrected chi connectivity index (χ0v) is 15.5. The van der Waals surface area contributed by atoms with Crippen LogP contribution in [0.2, 0.25) is 0 Å². The van der Waals surface area contributed by atoms with Crippen molar-refractivity contribution in [3.8, 4) is 11.5 Å². The molecule has 2 amide bonds. The molecule has 1 fully saturated rings. The normalized spacial score (nSPS) is 18.9. The van der Waals surface area contributed by atoms with Crippen LogP contribution in [0.3, 0.4) is 0 Å². The third kappa shape index (κ3) is 3.99. The number of hydrogen-bond donors (Lipinski definition) is 1. The molecular formula is C19H24N2O6. The van der Waals surface area contributed by atoms with Gasteiger partial charge >= 0.3 is 5.97 Å². The predicted molar refractivity (Wildman–Crippen MR) is 95.4 cm³/mol. The summed E-state index contributed by atoms with van der Waals surface area (Å²) in [4.78, 5) is 38.5. The molecule has 3 rings (SSSR count). The Labute approximate surface area is 157 Å².